The topological polar surface area (TPSA) is 65.0 Å². The Morgan fingerprint density at radius 1 is 0.400 bits per heavy atom. The number of para-hydroxylation sites is 2. The van der Waals surface area contributed by atoms with Crippen molar-refractivity contribution in [3.05, 3.63) is 164 Å². The summed E-state index contributed by atoms with van der Waals surface area (Å²) in [5.74, 6) is 0.943. The first kappa shape index (κ1) is 19.8. The van der Waals surface area contributed by atoms with Crippen molar-refractivity contribution < 1.29 is 22.5 Å². The van der Waals surface area contributed by atoms with E-state index in [1.165, 1.54) is 6.07 Å². The minimum Gasteiger partial charge on any atom is -0.455 e. The van der Waals surface area contributed by atoms with Crippen molar-refractivity contribution in [3.8, 4) is 56.4 Å². The molecule has 10 rings (SSSR count). The van der Waals surface area contributed by atoms with E-state index in [0.717, 1.165) is 16.3 Å². The van der Waals surface area contributed by atoms with E-state index >= 15 is 0 Å². The van der Waals surface area contributed by atoms with Gasteiger partial charge in [-0.05, 0) is 47.0 Å². The van der Waals surface area contributed by atoms with Gasteiger partial charge in [-0.1, -0.05) is 133 Å². The maximum Gasteiger partial charge on any atom is 0.167 e. The Morgan fingerprint density at radius 3 is 1.82 bits per heavy atom. The van der Waals surface area contributed by atoms with E-state index in [2.05, 4.69) is 0 Å². The molecule has 7 aromatic carbocycles. The van der Waals surface area contributed by atoms with Crippen LogP contribution in [0.2, 0.25) is 0 Å². The standard InChI is InChI=1S/C45H27N3O2/c1-4-14-28(15-5-1)31-26-36(29-16-6-2-7-17-29)42-37(27-31)40-34(22-13-25-39(40)50-42)44-46-43(30-18-8-3-9-19-30)47-45(48-44)35-23-12-21-33-32-20-10-11-24-38(32)49-41(33)35/h1-27H/i1D,2D,4D,5D,6D,7D,14D,15D,16D,17D. The normalized spacial score (nSPS) is 14.4. The summed E-state index contributed by atoms with van der Waals surface area (Å²) in [5, 5.41) is 2.64. The SMILES string of the molecule is [2H]c1c([2H])c([2H])c(-c2cc(-c3c([2H])c([2H])c([2H])c([2H])c3[2H])c3oc4cccc(-c5nc(-c6ccccc6)nc(-c6cccc7c6oc6ccccc67)n5)c4c3c2)c([2H])c1[2H]. The maximum atomic E-state index is 8.91. The molecule has 0 amide bonds. The first-order chi connectivity index (χ1) is 28.9. The summed E-state index contributed by atoms with van der Waals surface area (Å²) >= 11 is 0. The number of aromatic nitrogens is 3. The predicted octanol–water partition coefficient (Wildman–Crippen LogP) is 12.0. The third-order valence-electron chi connectivity index (χ3n) is 8.71. The number of benzene rings is 7. The summed E-state index contributed by atoms with van der Waals surface area (Å²) in [7, 11) is 0. The highest BCUT2D eigenvalue weighted by atomic mass is 16.3. The lowest BCUT2D eigenvalue weighted by Gasteiger charge is -2.10. The van der Waals surface area contributed by atoms with Gasteiger partial charge in [0.2, 0.25) is 0 Å². The van der Waals surface area contributed by atoms with Crippen LogP contribution in [-0.4, -0.2) is 15.0 Å². The molecular weight excluding hydrogens is 615 g/mol. The highest BCUT2D eigenvalue weighted by molar-refractivity contribution is 6.16. The van der Waals surface area contributed by atoms with Crippen LogP contribution < -0.4 is 0 Å². The molecule has 0 N–H and O–H groups in total. The fraction of sp³-hybridized carbons (Fsp3) is 0. The van der Waals surface area contributed by atoms with Crippen LogP contribution >= 0.6 is 0 Å². The molecule has 0 aliphatic heterocycles. The van der Waals surface area contributed by atoms with Crippen molar-refractivity contribution >= 4 is 43.9 Å². The first-order valence-electron chi connectivity index (χ1n) is 20.8. The second kappa shape index (κ2) is 11.4. The van der Waals surface area contributed by atoms with Crippen molar-refractivity contribution in [1.29, 1.82) is 0 Å². The Balaban J connectivity index is 1.31. The minimum absolute atomic E-state index is 0.0614. The molecule has 0 spiro atoms. The molecule has 0 saturated heterocycles. The van der Waals surface area contributed by atoms with Gasteiger partial charge >= 0.3 is 0 Å². The van der Waals surface area contributed by atoms with Crippen LogP contribution in [0, 0.1) is 0 Å². The number of nitrogens with zero attached hydrogens (tertiary/aromatic N) is 3. The minimum atomic E-state index is -0.586. The quantitative estimate of drug-likeness (QED) is 0.185. The highest BCUT2D eigenvalue weighted by Gasteiger charge is 2.22. The van der Waals surface area contributed by atoms with Crippen LogP contribution in [0.3, 0.4) is 0 Å². The van der Waals surface area contributed by atoms with E-state index in [4.69, 9.17) is 37.5 Å². The van der Waals surface area contributed by atoms with E-state index in [1.54, 1.807) is 24.3 Å². The van der Waals surface area contributed by atoms with Crippen molar-refractivity contribution in [2.75, 3.05) is 0 Å². The molecule has 0 bridgehead atoms. The van der Waals surface area contributed by atoms with Gasteiger partial charge in [0.05, 0.1) is 19.3 Å². The second-order valence-corrected chi connectivity index (χ2v) is 11.6. The van der Waals surface area contributed by atoms with Crippen molar-refractivity contribution in [2.45, 2.75) is 0 Å². The molecule has 3 aromatic heterocycles. The molecule has 10 aromatic rings. The zero-order valence-corrected chi connectivity index (χ0v) is 26.0. The van der Waals surface area contributed by atoms with Gasteiger partial charge in [-0.15, -0.1) is 0 Å². The van der Waals surface area contributed by atoms with Gasteiger partial charge in [-0.25, -0.2) is 15.0 Å². The zero-order valence-electron chi connectivity index (χ0n) is 36.0. The van der Waals surface area contributed by atoms with E-state index in [-0.39, 0.29) is 33.7 Å². The molecule has 0 aliphatic carbocycles. The molecule has 50 heavy (non-hydrogen) atoms. The Morgan fingerprint density at radius 2 is 1.00 bits per heavy atom. The maximum absolute atomic E-state index is 8.91. The fourth-order valence-electron chi connectivity index (χ4n) is 6.48. The van der Waals surface area contributed by atoms with Crippen molar-refractivity contribution in [3.63, 3.8) is 0 Å². The van der Waals surface area contributed by atoms with Crippen LogP contribution in [0.4, 0.5) is 0 Å². The molecule has 0 radical (unpaired) electrons. The van der Waals surface area contributed by atoms with Gasteiger partial charge in [0.25, 0.3) is 0 Å². The molecule has 0 aliphatic rings. The predicted molar refractivity (Wildman–Crippen MR) is 202 cm³/mol. The summed E-state index contributed by atoms with van der Waals surface area (Å²) in [5.41, 5.74) is 3.46. The first-order valence-corrected chi connectivity index (χ1v) is 15.8. The molecule has 0 unspecified atom stereocenters. The summed E-state index contributed by atoms with van der Waals surface area (Å²) < 4.78 is 98.8. The Labute approximate surface area is 301 Å². The highest BCUT2D eigenvalue weighted by Crippen LogP contribution is 2.43. The molecule has 5 heteroatoms. The van der Waals surface area contributed by atoms with E-state index in [0.29, 0.717) is 50.3 Å². The van der Waals surface area contributed by atoms with Gasteiger partial charge in [0, 0.05) is 38.2 Å². The van der Waals surface area contributed by atoms with Crippen LogP contribution in [-0.2, 0) is 0 Å². The molecule has 0 fully saturated rings. The van der Waals surface area contributed by atoms with Gasteiger partial charge < -0.3 is 8.83 Å². The smallest absolute Gasteiger partial charge is 0.167 e. The Bertz CT molecular complexity index is 3400. The Kier molecular flexibility index (Phi) is 4.52. The number of fused-ring (bicyclic) bond motifs is 6. The number of furan rings is 2. The van der Waals surface area contributed by atoms with Gasteiger partial charge in [-0.2, -0.15) is 0 Å². The molecule has 0 saturated carbocycles. The second-order valence-electron chi connectivity index (χ2n) is 11.6. The van der Waals surface area contributed by atoms with Gasteiger partial charge in [-0.3, -0.25) is 0 Å². The van der Waals surface area contributed by atoms with Gasteiger partial charge in [0.15, 0.2) is 17.5 Å². The third kappa shape index (κ3) is 4.60. The van der Waals surface area contributed by atoms with Crippen LogP contribution in [0.25, 0.3) is 100 Å². The summed E-state index contributed by atoms with van der Waals surface area (Å²) in [6, 6.07) is 25.9. The number of hydrogen-bond donors (Lipinski definition) is 0. The largest absolute Gasteiger partial charge is 0.455 e. The number of hydrogen-bond acceptors (Lipinski definition) is 5. The van der Waals surface area contributed by atoms with E-state index < -0.39 is 60.4 Å². The summed E-state index contributed by atoms with van der Waals surface area (Å²) in [6.45, 7) is 0. The zero-order chi connectivity index (χ0) is 41.7. The van der Waals surface area contributed by atoms with E-state index in [9.17, 15) is 0 Å². The lowest BCUT2D eigenvalue weighted by atomic mass is 9.95. The lowest BCUT2D eigenvalue weighted by Crippen LogP contribution is -2.00. The number of rotatable bonds is 5. The average Bonchev–Trinajstić information content (AvgIpc) is 3.85. The van der Waals surface area contributed by atoms with Crippen LogP contribution in [0.5, 0.6) is 0 Å². The lowest BCUT2D eigenvalue weighted by molar-refractivity contribution is 0.669. The summed E-state index contributed by atoms with van der Waals surface area (Å²) in [6.07, 6.45) is 0. The van der Waals surface area contributed by atoms with Crippen molar-refractivity contribution in [2.24, 2.45) is 0 Å². The summed E-state index contributed by atoms with van der Waals surface area (Å²) in [4.78, 5) is 15.0. The van der Waals surface area contributed by atoms with Crippen LogP contribution in [0.1, 0.15) is 13.7 Å². The monoisotopic (exact) mass is 651 g/mol. The Hall–Kier alpha value is -6.85. The van der Waals surface area contributed by atoms with Crippen LogP contribution in [0.15, 0.2) is 172 Å². The third-order valence-corrected chi connectivity index (χ3v) is 8.71. The molecular formula is C45H27N3O2. The van der Waals surface area contributed by atoms with E-state index in [1.807, 2.05) is 72.8 Å². The van der Waals surface area contributed by atoms with Crippen molar-refractivity contribution in [1.82, 2.24) is 15.0 Å². The molecule has 0 atom stereocenters. The average molecular weight is 652 g/mol. The molecule has 3 heterocycles. The fourth-order valence-corrected chi connectivity index (χ4v) is 6.48. The van der Waals surface area contributed by atoms with Gasteiger partial charge in [0.1, 0.15) is 22.3 Å². The molecule has 5 nitrogen and oxygen atoms in total. The molecule has 234 valence electrons.